The van der Waals surface area contributed by atoms with E-state index in [-0.39, 0.29) is 15.6 Å². The van der Waals surface area contributed by atoms with Gasteiger partial charge < -0.3 is 10.1 Å². The van der Waals surface area contributed by atoms with Gasteiger partial charge in [-0.3, -0.25) is 14.9 Å². The first kappa shape index (κ1) is 26.0. The summed E-state index contributed by atoms with van der Waals surface area (Å²) in [6, 6.07) is 9.67. The number of nitro groups is 1. The molecule has 0 aliphatic carbocycles. The molecule has 2 rings (SSSR count). The maximum Gasteiger partial charge on any atom is 0.331 e. The highest BCUT2D eigenvalue weighted by molar-refractivity contribution is 7.89. The fraction of sp³-hybridized carbons (Fsp3) is 0.238. The molecule has 0 spiro atoms. The summed E-state index contributed by atoms with van der Waals surface area (Å²) in [5, 5.41) is 13.5. The maximum atomic E-state index is 12.5. The number of esters is 1. The predicted octanol–water partition coefficient (Wildman–Crippen LogP) is 3.47. The molecule has 33 heavy (non-hydrogen) atoms. The van der Waals surface area contributed by atoms with Crippen molar-refractivity contribution in [1.82, 2.24) is 4.31 Å². The molecule has 0 bridgehead atoms. The van der Waals surface area contributed by atoms with Crippen molar-refractivity contribution >= 4 is 51.0 Å². The molecule has 10 nitrogen and oxygen atoms in total. The first-order chi connectivity index (χ1) is 15.6. The quantitative estimate of drug-likeness (QED) is 0.230. The number of sulfonamides is 1. The Labute approximate surface area is 196 Å². The van der Waals surface area contributed by atoms with Crippen LogP contribution >= 0.6 is 11.6 Å². The van der Waals surface area contributed by atoms with Gasteiger partial charge in [-0.05, 0) is 35.9 Å². The van der Waals surface area contributed by atoms with E-state index in [0.29, 0.717) is 18.7 Å². The van der Waals surface area contributed by atoms with Gasteiger partial charge in [-0.15, -0.1) is 0 Å². The normalized spacial score (nSPS) is 11.5. The standard InChI is InChI=1S/C21H22ClN3O7S/c1-3-24(4-2)33(30,31)17-9-5-15(6-10-17)7-12-21(27)32-14-20(26)23-18-11-8-16(22)13-19(18)25(28)29/h5-13H,3-4,14H2,1-2H3,(H,23,26)/b12-7+. The number of anilines is 1. The van der Waals surface area contributed by atoms with Crippen molar-refractivity contribution in [3.05, 3.63) is 69.2 Å². The van der Waals surface area contributed by atoms with Crippen molar-refractivity contribution in [3.63, 3.8) is 0 Å². The Kier molecular flexibility index (Phi) is 9.09. The lowest BCUT2D eigenvalue weighted by atomic mass is 10.2. The summed E-state index contributed by atoms with van der Waals surface area (Å²) in [7, 11) is -3.58. The average Bonchev–Trinajstić information content (AvgIpc) is 2.78. The highest BCUT2D eigenvalue weighted by Gasteiger charge is 2.21. The molecule has 12 heteroatoms. The Morgan fingerprint density at radius 2 is 1.79 bits per heavy atom. The van der Waals surface area contributed by atoms with Gasteiger partial charge in [0.1, 0.15) is 5.69 Å². The Bertz CT molecular complexity index is 1160. The third kappa shape index (κ3) is 7.11. The van der Waals surface area contributed by atoms with Crippen LogP contribution in [0.15, 0.2) is 53.4 Å². The van der Waals surface area contributed by atoms with E-state index < -0.39 is 39.1 Å². The van der Waals surface area contributed by atoms with E-state index in [1.54, 1.807) is 13.8 Å². The molecule has 2 aromatic rings. The summed E-state index contributed by atoms with van der Waals surface area (Å²) in [5.74, 6) is -1.59. The molecule has 0 saturated carbocycles. The van der Waals surface area contributed by atoms with Crippen LogP contribution < -0.4 is 5.32 Å². The largest absolute Gasteiger partial charge is 0.452 e. The van der Waals surface area contributed by atoms with Crippen LogP contribution in [0, 0.1) is 10.1 Å². The second-order valence-corrected chi connectivity index (χ2v) is 8.94. The van der Waals surface area contributed by atoms with E-state index in [1.165, 1.54) is 46.8 Å². The van der Waals surface area contributed by atoms with Gasteiger partial charge in [0.05, 0.1) is 9.82 Å². The van der Waals surface area contributed by atoms with Crippen LogP contribution in [0.1, 0.15) is 19.4 Å². The minimum absolute atomic E-state index is 0.0826. The SMILES string of the molecule is CCN(CC)S(=O)(=O)c1ccc(/C=C/C(=O)OCC(=O)Nc2ccc(Cl)cc2[N+](=O)[O-])cc1. The van der Waals surface area contributed by atoms with E-state index in [9.17, 15) is 28.1 Å². The summed E-state index contributed by atoms with van der Waals surface area (Å²) in [6.07, 6.45) is 2.48. The molecule has 0 aliphatic rings. The molecule has 0 saturated heterocycles. The molecule has 0 aliphatic heterocycles. The zero-order valence-corrected chi connectivity index (χ0v) is 19.4. The van der Waals surface area contributed by atoms with E-state index in [1.807, 2.05) is 0 Å². The van der Waals surface area contributed by atoms with Gasteiger partial charge in [-0.1, -0.05) is 37.6 Å². The fourth-order valence-corrected chi connectivity index (χ4v) is 4.38. The number of nitrogens with one attached hydrogen (secondary N) is 1. The number of amides is 1. The lowest BCUT2D eigenvalue weighted by Gasteiger charge is -2.18. The molecular weight excluding hydrogens is 474 g/mol. The molecule has 0 aromatic heterocycles. The molecule has 2 aromatic carbocycles. The summed E-state index contributed by atoms with van der Waals surface area (Å²) < 4.78 is 31.1. The highest BCUT2D eigenvalue weighted by Crippen LogP contribution is 2.27. The van der Waals surface area contributed by atoms with Crippen molar-refractivity contribution in [2.24, 2.45) is 0 Å². The first-order valence-corrected chi connectivity index (χ1v) is 11.6. The van der Waals surface area contributed by atoms with Gasteiger partial charge in [0.15, 0.2) is 6.61 Å². The summed E-state index contributed by atoms with van der Waals surface area (Å²) in [6.45, 7) is 3.54. The number of hydrogen-bond donors (Lipinski definition) is 1. The lowest BCUT2D eigenvalue weighted by Crippen LogP contribution is -2.30. The van der Waals surface area contributed by atoms with Crippen molar-refractivity contribution in [2.75, 3.05) is 25.0 Å². The highest BCUT2D eigenvalue weighted by atomic mass is 35.5. The molecule has 1 N–H and O–H groups in total. The minimum atomic E-state index is -3.58. The smallest absolute Gasteiger partial charge is 0.331 e. The Hall–Kier alpha value is -3.28. The van der Waals surface area contributed by atoms with E-state index in [0.717, 1.165) is 12.1 Å². The second kappa shape index (κ2) is 11.5. The second-order valence-electron chi connectivity index (χ2n) is 6.57. The average molecular weight is 496 g/mol. The van der Waals surface area contributed by atoms with Gasteiger partial charge in [0.2, 0.25) is 10.0 Å². The van der Waals surface area contributed by atoms with Crippen LogP contribution in [0.2, 0.25) is 5.02 Å². The number of nitro benzene ring substituents is 1. The van der Waals surface area contributed by atoms with Crippen LogP contribution in [0.25, 0.3) is 6.08 Å². The van der Waals surface area contributed by atoms with Crippen LogP contribution in [-0.2, 0) is 24.3 Å². The van der Waals surface area contributed by atoms with Gasteiger partial charge >= 0.3 is 5.97 Å². The third-order valence-corrected chi connectivity index (χ3v) is 6.71. The van der Waals surface area contributed by atoms with Crippen LogP contribution in [0.5, 0.6) is 0 Å². The molecule has 176 valence electrons. The zero-order chi connectivity index (χ0) is 24.6. The third-order valence-electron chi connectivity index (χ3n) is 4.41. The van der Waals surface area contributed by atoms with Crippen molar-refractivity contribution < 1.29 is 27.7 Å². The van der Waals surface area contributed by atoms with Crippen LogP contribution in [0.3, 0.4) is 0 Å². The maximum absolute atomic E-state index is 12.5. The Balaban J connectivity index is 1.94. The fourth-order valence-electron chi connectivity index (χ4n) is 2.76. The van der Waals surface area contributed by atoms with Crippen molar-refractivity contribution in [2.45, 2.75) is 18.7 Å². The van der Waals surface area contributed by atoms with E-state index >= 15 is 0 Å². The first-order valence-electron chi connectivity index (χ1n) is 9.77. The van der Waals surface area contributed by atoms with Crippen molar-refractivity contribution in [3.8, 4) is 0 Å². The zero-order valence-electron chi connectivity index (χ0n) is 17.9. The molecule has 0 fully saturated rings. The Morgan fingerprint density at radius 3 is 2.36 bits per heavy atom. The molecule has 1 amide bonds. The molecule has 0 unspecified atom stereocenters. The number of ether oxygens (including phenoxy) is 1. The number of carbonyl (C=O) groups excluding carboxylic acids is 2. The van der Waals surface area contributed by atoms with Crippen LogP contribution in [-0.4, -0.2) is 49.2 Å². The number of hydrogen-bond acceptors (Lipinski definition) is 7. The summed E-state index contributed by atoms with van der Waals surface area (Å²) in [4.78, 5) is 34.3. The van der Waals surface area contributed by atoms with Gasteiger partial charge in [0, 0.05) is 30.3 Å². The van der Waals surface area contributed by atoms with E-state index in [2.05, 4.69) is 5.32 Å². The minimum Gasteiger partial charge on any atom is -0.452 e. The predicted molar refractivity (Wildman–Crippen MR) is 123 cm³/mol. The molecule has 0 atom stereocenters. The number of benzene rings is 2. The topological polar surface area (TPSA) is 136 Å². The van der Waals surface area contributed by atoms with Gasteiger partial charge in [-0.25, -0.2) is 13.2 Å². The monoisotopic (exact) mass is 495 g/mol. The van der Waals surface area contributed by atoms with Crippen molar-refractivity contribution in [1.29, 1.82) is 0 Å². The van der Waals surface area contributed by atoms with Gasteiger partial charge in [-0.2, -0.15) is 4.31 Å². The Morgan fingerprint density at radius 1 is 1.15 bits per heavy atom. The van der Waals surface area contributed by atoms with E-state index in [4.69, 9.17) is 16.3 Å². The number of carbonyl (C=O) groups is 2. The summed E-state index contributed by atoms with van der Waals surface area (Å²) >= 11 is 5.72. The number of nitrogens with zero attached hydrogens (tertiary/aromatic N) is 2. The summed E-state index contributed by atoms with van der Waals surface area (Å²) in [5.41, 5.74) is 0.0703. The number of halogens is 1. The molecule has 0 heterocycles. The lowest BCUT2D eigenvalue weighted by molar-refractivity contribution is -0.383. The van der Waals surface area contributed by atoms with Crippen LogP contribution in [0.4, 0.5) is 11.4 Å². The molecule has 0 radical (unpaired) electrons. The number of rotatable bonds is 10. The van der Waals surface area contributed by atoms with Gasteiger partial charge in [0.25, 0.3) is 11.6 Å². The molecular formula is C21H22ClN3O7S.